The van der Waals surface area contributed by atoms with Crippen LogP contribution in [0.2, 0.25) is 0 Å². The Morgan fingerprint density at radius 1 is 0.323 bits per heavy atom. The lowest BCUT2D eigenvalue weighted by Crippen LogP contribution is -2.48. The molecule has 4 unspecified atom stereocenters. The molecule has 0 saturated heterocycles. The van der Waals surface area contributed by atoms with Crippen LogP contribution in [-0.2, 0) is 28.4 Å². The van der Waals surface area contributed by atoms with Crippen molar-refractivity contribution in [2.75, 3.05) is 0 Å². The van der Waals surface area contributed by atoms with Crippen molar-refractivity contribution >= 4 is 0 Å². The number of ether oxygens (including phenoxy) is 5. The summed E-state index contributed by atoms with van der Waals surface area (Å²) >= 11 is 0. The van der Waals surface area contributed by atoms with E-state index in [-0.39, 0.29) is 12.2 Å². The molecule has 0 saturated carbocycles. The maximum absolute atomic E-state index is 7.90. The lowest BCUT2D eigenvalue weighted by molar-refractivity contribution is -0.0840. The van der Waals surface area contributed by atoms with Gasteiger partial charge in [0, 0.05) is 10.8 Å². The summed E-state index contributed by atoms with van der Waals surface area (Å²) in [5.74, 6) is 6.35. The van der Waals surface area contributed by atoms with Gasteiger partial charge < -0.3 is 23.7 Å². The first kappa shape index (κ1) is 44.5. The van der Waals surface area contributed by atoms with E-state index in [1.165, 1.54) is 11.1 Å². The minimum Gasteiger partial charge on any atom is -0.457 e. The van der Waals surface area contributed by atoms with Gasteiger partial charge in [-0.15, -0.1) is 0 Å². The normalized spacial score (nSPS) is 14.0. The fraction of sp³-hybridized carbons (Fsp3) is 0.200. The molecule has 65 heavy (non-hydrogen) atoms. The van der Waals surface area contributed by atoms with Gasteiger partial charge in [-0.25, -0.2) is 0 Å². The van der Waals surface area contributed by atoms with E-state index in [4.69, 9.17) is 23.7 Å². The summed E-state index contributed by atoms with van der Waals surface area (Å²) in [6.07, 6.45) is 2.43. The Balaban J connectivity index is 1.18. The molecule has 8 aromatic carbocycles. The molecular weight excluding hydrogens is 801 g/mol. The highest BCUT2D eigenvalue weighted by Crippen LogP contribution is 2.43. The van der Waals surface area contributed by atoms with Crippen molar-refractivity contribution in [3.8, 4) is 46.0 Å². The molecular formula is C60H58O5. The first-order chi connectivity index (χ1) is 31.8. The monoisotopic (exact) mass is 858 g/mol. The van der Waals surface area contributed by atoms with E-state index in [2.05, 4.69) is 113 Å². The Labute approximate surface area is 385 Å². The lowest BCUT2D eigenvalue weighted by atomic mass is 9.71. The van der Waals surface area contributed by atoms with Gasteiger partial charge in [0.1, 0.15) is 46.0 Å². The molecule has 0 N–H and O–H groups in total. The van der Waals surface area contributed by atoms with Crippen LogP contribution in [0.1, 0.15) is 62.8 Å². The number of hydrogen-bond donors (Lipinski definition) is 0. The van der Waals surface area contributed by atoms with Crippen molar-refractivity contribution < 1.29 is 23.7 Å². The van der Waals surface area contributed by atoms with Crippen molar-refractivity contribution in [3.05, 3.63) is 241 Å². The number of rotatable bonds is 20. The molecule has 4 atom stereocenters. The van der Waals surface area contributed by atoms with Crippen molar-refractivity contribution in [1.82, 2.24) is 0 Å². The SMILES string of the molecule is CCC(C)(c1ccc(Oc2ccccc2)cc1)C(Cc1cccc(Oc2ccccc2)c1)OC(Cc1cccc(Oc2ccccc2)c1)C(C)(CC)c1ccc(Oc2ccccc2)cc1. The highest BCUT2D eigenvalue weighted by molar-refractivity contribution is 5.41. The maximum Gasteiger partial charge on any atom is 0.127 e. The first-order valence-electron chi connectivity index (χ1n) is 22.8. The number of para-hydroxylation sites is 4. The Bertz CT molecular complexity index is 2480. The van der Waals surface area contributed by atoms with Crippen LogP contribution in [0.5, 0.6) is 46.0 Å². The van der Waals surface area contributed by atoms with Crippen LogP contribution >= 0.6 is 0 Å². The first-order valence-corrected chi connectivity index (χ1v) is 22.8. The third-order valence-electron chi connectivity index (χ3n) is 12.8. The van der Waals surface area contributed by atoms with Gasteiger partial charge in [-0.3, -0.25) is 0 Å². The van der Waals surface area contributed by atoms with E-state index < -0.39 is 10.8 Å². The van der Waals surface area contributed by atoms with E-state index >= 15 is 0 Å². The van der Waals surface area contributed by atoms with Gasteiger partial charge in [0.15, 0.2) is 0 Å². The van der Waals surface area contributed by atoms with Crippen LogP contribution in [0, 0.1) is 0 Å². The van der Waals surface area contributed by atoms with Gasteiger partial charge in [-0.1, -0.05) is 149 Å². The van der Waals surface area contributed by atoms with E-state index in [1.807, 2.05) is 133 Å². The van der Waals surface area contributed by atoms with Crippen LogP contribution in [0.25, 0.3) is 0 Å². The maximum atomic E-state index is 7.90. The summed E-state index contributed by atoms with van der Waals surface area (Å²) in [5.41, 5.74) is 3.79. The second-order valence-corrected chi connectivity index (χ2v) is 17.1. The molecule has 0 amide bonds. The van der Waals surface area contributed by atoms with Crippen LogP contribution in [0.3, 0.4) is 0 Å². The standard InChI is InChI=1S/C60H58O5/c1-5-59(3,47-33-37-53(38-34-47)61-49-23-11-7-12-24-49)57(43-45-21-19-31-55(41-45)63-51-27-15-9-16-28-51)65-58(44-46-22-20-32-56(42-46)64-52-29-17-10-18-30-52)60(4,6-2)48-35-39-54(40-36-48)62-50-25-13-8-14-26-50/h7-42,57-58H,5-6,43-44H2,1-4H3. The van der Waals surface area contributed by atoms with Gasteiger partial charge in [0.25, 0.3) is 0 Å². The molecule has 0 fully saturated rings. The second-order valence-electron chi connectivity index (χ2n) is 17.1. The molecule has 0 heterocycles. The van der Waals surface area contributed by atoms with Crippen molar-refractivity contribution in [3.63, 3.8) is 0 Å². The zero-order valence-corrected chi connectivity index (χ0v) is 37.8. The largest absolute Gasteiger partial charge is 0.457 e. The highest BCUT2D eigenvalue weighted by atomic mass is 16.5. The summed E-state index contributed by atoms with van der Waals surface area (Å²) in [4.78, 5) is 0. The predicted molar refractivity (Wildman–Crippen MR) is 263 cm³/mol. The van der Waals surface area contributed by atoms with Crippen LogP contribution < -0.4 is 18.9 Å². The average Bonchev–Trinajstić information content (AvgIpc) is 3.35. The molecule has 328 valence electrons. The van der Waals surface area contributed by atoms with E-state index in [1.54, 1.807) is 0 Å². The Hall–Kier alpha value is -7.08. The highest BCUT2D eigenvalue weighted by Gasteiger charge is 2.42. The Morgan fingerprint density at radius 2 is 0.600 bits per heavy atom. The van der Waals surface area contributed by atoms with Crippen molar-refractivity contribution in [1.29, 1.82) is 0 Å². The molecule has 8 aromatic rings. The molecule has 5 heteroatoms. The predicted octanol–water partition coefficient (Wildman–Crippen LogP) is 16.1. The minimum absolute atomic E-state index is 0.263. The molecule has 0 aliphatic heterocycles. The third kappa shape index (κ3) is 11.4. The average molecular weight is 859 g/mol. The Kier molecular flexibility index (Phi) is 14.4. The fourth-order valence-electron chi connectivity index (χ4n) is 8.49. The minimum atomic E-state index is -0.417. The zero-order valence-electron chi connectivity index (χ0n) is 37.8. The molecule has 8 rings (SSSR count). The van der Waals surface area contributed by atoms with Gasteiger partial charge in [0.05, 0.1) is 12.2 Å². The van der Waals surface area contributed by atoms with Crippen molar-refractivity contribution in [2.24, 2.45) is 0 Å². The molecule has 5 nitrogen and oxygen atoms in total. The molecule has 0 bridgehead atoms. The Morgan fingerprint density at radius 3 is 0.908 bits per heavy atom. The molecule has 0 aromatic heterocycles. The van der Waals surface area contributed by atoms with Gasteiger partial charge in [-0.05, 0) is 145 Å². The summed E-state index contributed by atoms with van der Waals surface area (Å²) in [6.45, 7) is 9.23. The fourth-order valence-corrected chi connectivity index (χ4v) is 8.49. The van der Waals surface area contributed by atoms with Crippen LogP contribution in [0.15, 0.2) is 218 Å². The quantitative estimate of drug-likeness (QED) is 0.0764. The lowest BCUT2D eigenvalue weighted by Gasteiger charge is -2.45. The van der Waals surface area contributed by atoms with Gasteiger partial charge in [0.2, 0.25) is 0 Å². The van der Waals surface area contributed by atoms with E-state index in [0.717, 1.165) is 70.0 Å². The second kappa shape index (κ2) is 21.1. The number of hydrogen-bond acceptors (Lipinski definition) is 5. The molecule has 0 radical (unpaired) electrons. The summed E-state index contributed by atoms with van der Waals surface area (Å²) in [6, 6.07) is 73.7. The van der Waals surface area contributed by atoms with E-state index in [0.29, 0.717) is 12.8 Å². The van der Waals surface area contributed by atoms with E-state index in [9.17, 15) is 0 Å². The van der Waals surface area contributed by atoms with Gasteiger partial charge in [-0.2, -0.15) is 0 Å². The summed E-state index contributed by atoms with van der Waals surface area (Å²) in [5, 5.41) is 0. The van der Waals surface area contributed by atoms with Crippen LogP contribution in [0.4, 0.5) is 0 Å². The smallest absolute Gasteiger partial charge is 0.127 e. The van der Waals surface area contributed by atoms with Crippen LogP contribution in [-0.4, -0.2) is 12.2 Å². The number of benzene rings is 8. The third-order valence-corrected chi connectivity index (χ3v) is 12.8. The van der Waals surface area contributed by atoms with Crippen molar-refractivity contribution in [2.45, 2.75) is 76.4 Å². The molecule has 0 aliphatic carbocycles. The summed E-state index contributed by atoms with van der Waals surface area (Å²) in [7, 11) is 0. The summed E-state index contributed by atoms with van der Waals surface area (Å²) < 4.78 is 33.2. The van der Waals surface area contributed by atoms with Gasteiger partial charge >= 0.3 is 0 Å². The topological polar surface area (TPSA) is 46.2 Å². The molecule has 0 aliphatic rings. The molecule has 0 spiro atoms. The zero-order chi connectivity index (χ0) is 44.9.